The minimum absolute atomic E-state index is 0.0193. The molecule has 246 valence electrons. The topological polar surface area (TPSA) is 112 Å². The van der Waals surface area contributed by atoms with Crippen LogP contribution in [0.25, 0.3) is 0 Å². The summed E-state index contributed by atoms with van der Waals surface area (Å²) < 4.78 is 93.5. The molecule has 0 aliphatic carbocycles. The molecular weight excluding hydrogens is 645 g/mol. The van der Waals surface area contributed by atoms with Crippen LogP contribution >= 0.6 is 11.5 Å². The van der Waals surface area contributed by atoms with Crippen molar-refractivity contribution >= 4 is 26.7 Å². The monoisotopic (exact) mass is 678 g/mol. The normalized spacial score (nSPS) is 20.5. The Bertz CT molecular complexity index is 1780. The van der Waals surface area contributed by atoms with Gasteiger partial charge < -0.3 is 14.2 Å². The number of anilines is 1. The van der Waals surface area contributed by atoms with Gasteiger partial charge in [0.15, 0.2) is 0 Å². The highest BCUT2D eigenvalue weighted by molar-refractivity contribution is 7.93. The van der Waals surface area contributed by atoms with Crippen LogP contribution in [0, 0.1) is 5.92 Å². The Hall–Kier alpha value is -3.89. The van der Waals surface area contributed by atoms with Crippen LogP contribution in [0.1, 0.15) is 48.0 Å². The number of piperidine rings is 1. The molecule has 0 radical (unpaired) electrons. The Labute approximate surface area is 268 Å². The summed E-state index contributed by atoms with van der Waals surface area (Å²) in [6, 6.07) is 9.02. The number of ether oxygens (including phenoxy) is 3. The summed E-state index contributed by atoms with van der Waals surface area (Å²) in [6.45, 7) is 0.415. The van der Waals surface area contributed by atoms with Crippen molar-refractivity contribution in [2.45, 2.75) is 49.0 Å². The lowest BCUT2D eigenvalue weighted by atomic mass is 9.84. The average Bonchev–Trinajstić information content (AvgIpc) is 3.74. The molecule has 0 saturated carbocycles. The molecule has 2 aliphatic heterocycles. The second-order valence-electron chi connectivity index (χ2n) is 11.2. The SMILES string of the molecule is COc1ccc(CN(c2ncns2)S(=O)(=O)c2ccc3c(c2)OCC[C@@H]3N2CC[C@@H](C(F)(F)F)C[C@H]2c2cnn(C)c2)c(OC)c1. The van der Waals surface area contributed by atoms with E-state index in [-0.39, 0.29) is 48.6 Å². The summed E-state index contributed by atoms with van der Waals surface area (Å²) in [5, 5.41) is 4.39. The van der Waals surface area contributed by atoms with Gasteiger partial charge in [-0.25, -0.2) is 17.7 Å². The molecule has 4 aromatic rings. The van der Waals surface area contributed by atoms with Crippen molar-refractivity contribution in [2.24, 2.45) is 13.0 Å². The molecule has 0 bridgehead atoms. The first-order chi connectivity index (χ1) is 22.0. The minimum Gasteiger partial charge on any atom is -0.497 e. The van der Waals surface area contributed by atoms with Crippen LogP contribution < -0.4 is 18.5 Å². The summed E-state index contributed by atoms with van der Waals surface area (Å²) in [5.41, 5.74) is 2.02. The van der Waals surface area contributed by atoms with Gasteiger partial charge in [-0.05, 0) is 37.6 Å². The van der Waals surface area contributed by atoms with E-state index in [9.17, 15) is 21.6 Å². The first-order valence-electron chi connectivity index (χ1n) is 14.6. The highest BCUT2D eigenvalue weighted by atomic mass is 32.2. The predicted octanol–water partition coefficient (Wildman–Crippen LogP) is 5.52. The molecule has 6 rings (SSSR count). The van der Waals surface area contributed by atoms with Crippen molar-refractivity contribution in [3.63, 3.8) is 0 Å². The van der Waals surface area contributed by atoms with Gasteiger partial charge in [-0.2, -0.15) is 22.6 Å². The van der Waals surface area contributed by atoms with Gasteiger partial charge in [0.1, 0.15) is 23.6 Å². The number of sulfonamides is 1. The van der Waals surface area contributed by atoms with Crippen LogP contribution in [-0.4, -0.2) is 66.0 Å². The van der Waals surface area contributed by atoms with Crippen LogP contribution in [0.3, 0.4) is 0 Å². The van der Waals surface area contributed by atoms with Crippen molar-refractivity contribution in [3.8, 4) is 17.2 Å². The van der Waals surface area contributed by atoms with E-state index in [1.54, 1.807) is 48.4 Å². The molecular formula is C30H33F3N6O5S2. The number of methoxy groups -OCH3 is 2. The number of alkyl halides is 3. The zero-order valence-corrected chi connectivity index (χ0v) is 27.0. The summed E-state index contributed by atoms with van der Waals surface area (Å²) >= 11 is 0.938. The zero-order valence-electron chi connectivity index (χ0n) is 25.3. The number of benzene rings is 2. The van der Waals surface area contributed by atoms with Crippen molar-refractivity contribution in [2.75, 3.05) is 31.7 Å². The molecule has 4 heterocycles. The van der Waals surface area contributed by atoms with Gasteiger partial charge in [0, 0.05) is 72.1 Å². The fourth-order valence-electron chi connectivity index (χ4n) is 6.25. The summed E-state index contributed by atoms with van der Waals surface area (Å²) in [5.74, 6) is -0.0465. The predicted molar refractivity (Wildman–Crippen MR) is 164 cm³/mol. The van der Waals surface area contributed by atoms with Crippen LogP contribution in [0.4, 0.5) is 18.3 Å². The Morgan fingerprint density at radius 3 is 2.61 bits per heavy atom. The lowest BCUT2D eigenvalue weighted by Gasteiger charge is -2.45. The van der Waals surface area contributed by atoms with Crippen LogP contribution in [0.2, 0.25) is 0 Å². The fraction of sp³-hybridized carbons (Fsp3) is 0.433. The van der Waals surface area contributed by atoms with Crippen molar-refractivity contribution in [1.82, 2.24) is 24.0 Å². The number of nitrogens with zero attached hydrogens (tertiary/aromatic N) is 6. The Morgan fingerprint density at radius 1 is 1.11 bits per heavy atom. The van der Waals surface area contributed by atoms with Crippen molar-refractivity contribution < 1.29 is 35.8 Å². The Morgan fingerprint density at radius 2 is 1.93 bits per heavy atom. The minimum atomic E-state index is -4.29. The number of halogens is 3. The smallest absolute Gasteiger partial charge is 0.391 e. The second kappa shape index (κ2) is 12.7. The van der Waals surface area contributed by atoms with E-state index >= 15 is 0 Å². The van der Waals surface area contributed by atoms with Gasteiger partial charge in [-0.3, -0.25) is 9.58 Å². The molecule has 0 unspecified atom stereocenters. The summed E-state index contributed by atoms with van der Waals surface area (Å²) in [7, 11) is 0.563. The Kier molecular flexibility index (Phi) is 8.87. The molecule has 2 aliphatic rings. The summed E-state index contributed by atoms with van der Waals surface area (Å²) in [4.78, 5) is 6.24. The number of likely N-dealkylation sites (tertiary alicyclic amines) is 1. The molecule has 3 atom stereocenters. The highest BCUT2D eigenvalue weighted by Gasteiger charge is 2.47. The second-order valence-corrected chi connectivity index (χ2v) is 13.9. The zero-order chi connectivity index (χ0) is 32.6. The first kappa shape index (κ1) is 32.1. The summed E-state index contributed by atoms with van der Waals surface area (Å²) in [6.07, 6.45) is 0.803. The maximum absolute atomic E-state index is 14.2. The van der Waals surface area contributed by atoms with E-state index in [0.29, 0.717) is 34.8 Å². The van der Waals surface area contributed by atoms with Crippen LogP contribution in [-0.2, 0) is 23.6 Å². The fourth-order valence-corrected chi connectivity index (χ4v) is 8.39. The lowest BCUT2D eigenvalue weighted by molar-refractivity contribution is -0.192. The number of aromatic nitrogens is 4. The molecule has 16 heteroatoms. The van der Waals surface area contributed by atoms with Crippen molar-refractivity contribution in [3.05, 3.63) is 71.8 Å². The molecule has 0 spiro atoms. The quantitative estimate of drug-likeness (QED) is 0.226. The molecule has 1 fully saturated rings. The third-order valence-electron chi connectivity index (χ3n) is 8.57. The molecule has 2 aromatic carbocycles. The van der Waals surface area contributed by atoms with E-state index < -0.39 is 28.2 Å². The lowest BCUT2D eigenvalue weighted by Crippen LogP contribution is -2.44. The van der Waals surface area contributed by atoms with Crippen LogP contribution in [0.15, 0.2) is 60.0 Å². The number of hydrogen-bond acceptors (Lipinski definition) is 10. The molecule has 0 amide bonds. The number of fused-ring (bicyclic) bond motifs is 1. The third-order valence-corrected chi connectivity index (χ3v) is 11.1. The van der Waals surface area contributed by atoms with Gasteiger partial charge in [0.05, 0.1) is 44.4 Å². The molecule has 46 heavy (non-hydrogen) atoms. The van der Waals surface area contributed by atoms with Gasteiger partial charge in [-0.15, -0.1) is 0 Å². The standard InChI is InChI=1S/C30H33F3N6O5S2/c1-37-16-20(15-35-37)26-12-21(30(31,32)33)8-10-38(26)25-9-11-44-28-14-23(6-7-24(25)28)46(40,41)39(29-34-18-36-45-29)17-19-4-5-22(42-2)13-27(19)43-3/h4-7,13-16,18,21,25-26H,8-12,17H2,1-3H3/t21-,25+,26+/m1/s1. The molecule has 2 aromatic heterocycles. The third kappa shape index (κ3) is 6.25. The van der Waals surface area contributed by atoms with E-state index in [1.165, 1.54) is 32.7 Å². The maximum Gasteiger partial charge on any atom is 0.391 e. The number of aryl methyl sites for hydroxylation is 1. The maximum atomic E-state index is 14.2. The largest absolute Gasteiger partial charge is 0.497 e. The number of hydrogen-bond donors (Lipinski definition) is 0. The van der Waals surface area contributed by atoms with Crippen LogP contribution in [0.5, 0.6) is 17.2 Å². The average molecular weight is 679 g/mol. The van der Waals surface area contributed by atoms with Gasteiger partial charge >= 0.3 is 6.18 Å². The van der Waals surface area contributed by atoms with Gasteiger partial charge in [0.2, 0.25) is 5.13 Å². The molecule has 0 N–H and O–H groups in total. The van der Waals surface area contributed by atoms with E-state index in [1.807, 2.05) is 0 Å². The Balaban J connectivity index is 1.33. The molecule has 1 saturated heterocycles. The highest BCUT2D eigenvalue weighted by Crippen LogP contribution is 2.48. The van der Waals surface area contributed by atoms with E-state index in [4.69, 9.17) is 14.2 Å². The van der Waals surface area contributed by atoms with Gasteiger partial charge in [-0.1, -0.05) is 6.07 Å². The van der Waals surface area contributed by atoms with E-state index in [2.05, 4.69) is 19.4 Å². The first-order valence-corrected chi connectivity index (χ1v) is 16.8. The van der Waals surface area contributed by atoms with E-state index in [0.717, 1.165) is 21.4 Å². The molecule has 11 nitrogen and oxygen atoms in total. The van der Waals surface area contributed by atoms with Gasteiger partial charge in [0.25, 0.3) is 10.0 Å². The number of rotatable bonds is 9. The van der Waals surface area contributed by atoms with Crippen molar-refractivity contribution in [1.29, 1.82) is 0 Å².